The average Bonchev–Trinajstić information content (AvgIpc) is 2.34. The summed E-state index contributed by atoms with van der Waals surface area (Å²) in [7, 11) is 0. The van der Waals surface area contributed by atoms with Crippen molar-refractivity contribution >= 4 is 11.4 Å². The Morgan fingerprint density at radius 1 is 1.26 bits per heavy atom. The van der Waals surface area contributed by atoms with Crippen LogP contribution in [0, 0.1) is 5.92 Å². The SMILES string of the molecule is CC(C)CCOCCNc1ccc(N)cc1C(F)F. The van der Waals surface area contributed by atoms with E-state index in [0.29, 0.717) is 37.1 Å². The third-order valence-electron chi connectivity index (χ3n) is 2.71. The van der Waals surface area contributed by atoms with Gasteiger partial charge >= 0.3 is 0 Å². The highest BCUT2D eigenvalue weighted by Gasteiger charge is 2.12. The van der Waals surface area contributed by atoms with Crippen LogP contribution in [0.5, 0.6) is 0 Å². The van der Waals surface area contributed by atoms with Gasteiger partial charge in [0.15, 0.2) is 0 Å². The van der Waals surface area contributed by atoms with E-state index in [4.69, 9.17) is 10.5 Å². The van der Waals surface area contributed by atoms with Gasteiger partial charge in [0.25, 0.3) is 6.43 Å². The Morgan fingerprint density at radius 2 is 2.00 bits per heavy atom. The van der Waals surface area contributed by atoms with E-state index in [2.05, 4.69) is 19.2 Å². The van der Waals surface area contributed by atoms with Crippen LogP contribution in [-0.4, -0.2) is 19.8 Å². The number of nitrogen functional groups attached to an aromatic ring is 1. The number of nitrogens with two attached hydrogens (primary N) is 1. The van der Waals surface area contributed by atoms with Gasteiger partial charge in [0.2, 0.25) is 0 Å². The van der Waals surface area contributed by atoms with Crippen LogP contribution in [0.3, 0.4) is 0 Å². The molecule has 3 nitrogen and oxygen atoms in total. The number of hydrogen-bond acceptors (Lipinski definition) is 3. The lowest BCUT2D eigenvalue weighted by Crippen LogP contribution is -2.12. The number of alkyl halides is 2. The van der Waals surface area contributed by atoms with Gasteiger partial charge in [0.05, 0.1) is 6.61 Å². The lowest BCUT2D eigenvalue weighted by molar-refractivity contribution is 0.132. The van der Waals surface area contributed by atoms with Crippen molar-refractivity contribution in [2.75, 3.05) is 30.8 Å². The molecule has 0 amide bonds. The molecule has 3 N–H and O–H groups in total. The normalized spacial score (nSPS) is 11.3. The zero-order valence-electron chi connectivity index (χ0n) is 11.5. The zero-order chi connectivity index (χ0) is 14.3. The van der Waals surface area contributed by atoms with Crippen LogP contribution in [0.25, 0.3) is 0 Å². The molecule has 1 aromatic carbocycles. The van der Waals surface area contributed by atoms with Gasteiger partial charge < -0.3 is 15.8 Å². The molecule has 0 radical (unpaired) electrons. The standard InChI is InChI=1S/C14H22F2N2O/c1-10(2)5-7-19-8-6-18-13-4-3-11(17)9-12(13)14(15)16/h3-4,9-10,14,18H,5-8,17H2,1-2H3. The predicted molar refractivity (Wildman–Crippen MR) is 74.6 cm³/mol. The van der Waals surface area contributed by atoms with Crippen molar-refractivity contribution in [1.82, 2.24) is 0 Å². The number of benzene rings is 1. The summed E-state index contributed by atoms with van der Waals surface area (Å²) in [5.74, 6) is 0.607. The summed E-state index contributed by atoms with van der Waals surface area (Å²) in [6, 6.07) is 4.48. The van der Waals surface area contributed by atoms with Gasteiger partial charge in [0, 0.05) is 30.1 Å². The first-order valence-corrected chi connectivity index (χ1v) is 6.50. The van der Waals surface area contributed by atoms with E-state index >= 15 is 0 Å². The molecular formula is C14H22F2N2O. The quantitative estimate of drug-likeness (QED) is 0.560. The molecule has 0 saturated heterocycles. The Hall–Kier alpha value is -1.36. The molecule has 0 unspecified atom stereocenters. The third kappa shape index (κ3) is 5.87. The van der Waals surface area contributed by atoms with Crippen molar-refractivity contribution in [2.45, 2.75) is 26.7 Å². The highest BCUT2D eigenvalue weighted by atomic mass is 19.3. The Morgan fingerprint density at radius 3 is 2.63 bits per heavy atom. The maximum atomic E-state index is 12.8. The zero-order valence-corrected chi connectivity index (χ0v) is 11.5. The summed E-state index contributed by atoms with van der Waals surface area (Å²) < 4.78 is 31.0. The Labute approximate surface area is 113 Å². The van der Waals surface area contributed by atoms with E-state index in [1.165, 1.54) is 6.07 Å². The highest BCUT2D eigenvalue weighted by Crippen LogP contribution is 2.28. The van der Waals surface area contributed by atoms with Crippen LogP contribution in [0.4, 0.5) is 20.2 Å². The Balaban J connectivity index is 2.37. The largest absolute Gasteiger partial charge is 0.399 e. The monoisotopic (exact) mass is 272 g/mol. The maximum absolute atomic E-state index is 12.8. The number of nitrogens with one attached hydrogen (secondary N) is 1. The van der Waals surface area contributed by atoms with Crippen molar-refractivity contribution in [2.24, 2.45) is 5.92 Å². The number of hydrogen-bond donors (Lipinski definition) is 2. The van der Waals surface area contributed by atoms with E-state index in [0.717, 1.165) is 6.42 Å². The van der Waals surface area contributed by atoms with Gasteiger partial charge in [-0.2, -0.15) is 0 Å². The topological polar surface area (TPSA) is 47.3 Å². The maximum Gasteiger partial charge on any atom is 0.265 e. The summed E-state index contributed by atoms with van der Waals surface area (Å²) in [5.41, 5.74) is 6.19. The Bertz CT molecular complexity index is 384. The van der Waals surface area contributed by atoms with Crippen LogP contribution in [0.15, 0.2) is 18.2 Å². The fourth-order valence-corrected chi connectivity index (χ4v) is 1.60. The summed E-state index contributed by atoms with van der Waals surface area (Å²) in [6.45, 7) is 5.96. The minimum absolute atomic E-state index is 0.0674. The molecule has 0 aliphatic rings. The molecule has 5 heteroatoms. The molecule has 0 fully saturated rings. The van der Waals surface area contributed by atoms with E-state index < -0.39 is 6.43 Å². The molecule has 0 aliphatic carbocycles. The van der Waals surface area contributed by atoms with Crippen LogP contribution >= 0.6 is 0 Å². The van der Waals surface area contributed by atoms with Crippen LogP contribution < -0.4 is 11.1 Å². The number of anilines is 2. The van der Waals surface area contributed by atoms with Crippen LogP contribution in [-0.2, 0) is 4.74 Å². The van der Waals surface area contributed by atoms with Crippen molar-refractivity contribution < 1.29 is 13.5 Å². The van der Waals surface area contributed by atoms with Crippen molar-refractivity contribution in [3.63, 3.8) is 0 Å². The molecule has 0 atom stereocenters. The summed E-state index contributed by atoms with van der Waals surface area (Å²) in [6.07, 6.45) is -1.53. The first-order valence-electron chi connectivity index (χ1n) is 6.50. The molecule has 0 spiro atoms. The molecule has 1 aromatic rings. The molecule has 108 valence electrons. The van der Waals surface area contributed by atoms with Gasteiger partial charge in [-0.05, 0) is 30.5 Å². The molecular weight excluding hydrogens is 250 g/mol. The highest BCUT2D eigenvalue weighted by molar-refractivity contribution is 5.58. The van der Waals surface area contributed by atoms with Gasteiger partial charge in [-0.1, -0.05) is 13.8 Å². The third-order valence-corrected chi connectivity index (χ3v) is 2.71. The molecule has 0 bridgehead atoms. The van der Waals surface area contributed by atoms with E-state index in [-0.39, 0.29) is 5.56 Å². The number of halogens is 2. The molecule has 1 rings (SSSR count). The second-order valence-corrected chi connectivity index (χ2v) is 4.87. The fraction of sp³-hybridized carbons (Fsp3) is 0.571. The molecule has 0 aliphatic heterocycles. The minimum Gasteiger partial charge on any atom is -0.399 e. The van der Waals surface area contributed by atoms with E-state index in [1.807, 2.05) is 0 Å². The number of ether oxygens (including phenoxy) is 1. The Kier molecular flexibility index (Phi) is 6.56. The van der Waals surface area contributed by atoms with Gasteiger partial charge in [-0.15, -0.1) is 0 Å². The lowest BCUT2D eigenvalue weighted by Gasteiger charge is -2.13. The predicted octanol–water partition coefficient (Wildman–Crippen LogP) is 3.68. The van der Waals surface area contributed by atoms with Crippen molar-refractivity contribution in [3.05, 3.63) is 23.8 Å². The van der Waals surface area contributed by atoms with Crippen molar-refractivity contribution in [3.8, 4) is 0 Å². The second-order valence-electron chi connectivity index (χ2n) is 4.87. The first-order chi connectivity index (χ1) is 9.00. The van der Waals surface area contributed by atoms with Gasteiger partial charge in [-0.25, -0.2) is 8.78 Å². The second kappa shape index (κ2) is 7.94. The van der Waals surface area contributed by atoms with Gasteiger partial charge in [0.1, 0.15) is 0 Å². The smallest absolute Gasteiger partial charge is 0.265 e. The van der Waals surface area contributed by atoms with Crippen LogP contribution in [0.2, 0.25) is 0 Å². The average molecular weight is 272 g/mol. The van der Waals surface area contributed by atoms with Crippen LogP contribution in [0.1, 0.15) is 32.3 Å². The molecule has 0 saturated carbocycles. The number of rotatable bonds is 8. The van der Waals surface area contributed by atoms with Crippen molar-refractivity contribution in [1.29, 1.82) is 0 Å². The minimum atomic E-state index is -2.53. The van der Waals surface area contributed by atoms with E-state index in [1.54, 1.807) is 12.1 Å². The van der Waals surface area contributed by atoms with Gasteiger partial charge in [-0.3, -0.25) is 0 Å². The summed E-state index contributed by atoms with van der Waals surface area (Å²) in [5, 5.41) is 2.95. The molecule has 19 heavy (non-hydrogen) atoms. The lowest BCUT2D eigenvalue weighted by atomic mass is 10.1. The molecule has 0 heterocycles. The fourth-order valence-electron chi connectivity index (χ4n) is 1.60. The van der Waals surface area contributed by atoms with E-state index in [9.17, 15) is 8.78 Å². The summed E-state index contributed by atoms with van der Waals surface area (Å²) >= 11 is 0. The first kappa shape index (κ1) is 15.7. The summed E-state index contributed by atoms with van der Waals surface area (Å²) in [4.78, 5) is 0. The molecule has 0 aromatic heterocycles.